The van der Waals surface area contributed by atoms with Gasteiger partial charge in [-0.05, 0) is 12.1 Å². The maximum atomic E-state index is 11.5. The van der Waals surface area contributed by atoms with E-state index in [4.69, 9.17) is 11.6 Å². The Balaban J connectivity index is 1.43. The van der Waals surface area contributed by atoms with Gasteiger partial charge in [0.2, 0.25) is 0 Å². The van der Waals surface area contributed by atoms with E-state index in [9.17, 15) is 8.42 Å². The lowest BCUT2D eigenvalue weighted by Crippen LogP contribution is -2.53. The molecule has 0 bridgehead atoms. The number of sulfone groups is 1. The fraction of sp³-hybridized carbons (Fsp3) is 0.611. The molecule has 0 amide bonds. The van der Waals surface area contributed by atoms with Gasteiger partial charge in [-0.2, -0.15) is 0 Å². The number of rotatable bonds is 4. The van der Waals surface area contributed by atoms with Crippen molar-refractivity contribution in [2.24, 2.45) is 4.99 Å². The van der Waals surface area contributed by atoms with E-state index in [1.807, 2.05) is 18.2 Å². The van der Waals surface area contributed by atoms with Crippen molar-refractivity contribution >= 4 is 33.1 Å². The van der Waals surface area contributed by atoms with Gasteiger partial charge in [0.05, 0.1) is 22.2 Å². The predicted molar refractivity (Wildman–Crippen MR) is 112 cm³/mol. The zero-order valence-corrected chi connectivity index (χ0v) is 17.3. The molecule has 3 rings (SSSR count). The van der Waals surface area contributed by atoms with E-state index in [0.717, 1.165) is 55.9 Å². The Kier molecular flexibility index (Phi) is 6.83. The molecule has 1 aromatic rings. The summed E-state index contributed by atoms with van der Waals surface area (Å²) in [4.78, 5) is 11.2. The molecule has 150 valence electrons. The topological polar surface area (TPSA) is 68.2 Å². The summed E-state index contributed by atoms with van der Waals surface area (Å²) >= 11 is 6.31. The fourth-order valence-electron chi connectivity index (χ4n) is 3.50. The Labute approximate surface area is 166 Å². The SMILES string of the molecule is CN=C(NCCN1CCS(=O)(=O)CC1)N1CCN(c2ccccc2Cl)CC1. The van der Waals surface area contributed by atoms with Crippen LogP contribution in [0.2, 0.25) is 5.02 Å². The summed E-state index contributed by atoms with van der Waals surface area (Å²) in [7, 11) is -1.02. The molecule has 7 nitrogen and oxygen atoms in total. The number of halogens is 1. The molecular weight excluding hydrogens is 386 g/mol. The second kappa shape index (κ2) is 9.12. The number of benzene rings is 1. The average Bonchev–Trinajstić information content (AvgIpc) is 2.67. The third-order valence-electron chi connectivity index (χ3n) is 5.13. The van der Waals surface area contributed by atoms with Crippen molar-refractivity contribution in [3.8, 4) is 0 Å². The molecule has 0 aliphatic carbocycles. The van der Waals surface area contributed by atoms with E-state index in [1.165, 1.54) is 0 Å². The van der Waals surface area contributed by atoms with Gasteiger partial charge in [-0.15, -0.1) is 0 Å². The third-order valence-corrected chi connectivity index (χ3v) is 7.06. The highest BCUT2D eigenvalue weighted by atomic mass is 35.5. The summed E-state index contributed by atoms with van der Waals surface area (Å²) in [6.45, 7) is 6.40. The number of guanidine groups is 1. The van der Waals surface area contributed by atoms with E-state index < -0.39 is 9.84 Å². The molecule has 2 saturated heterocycles. The molecule has 1 aromatic carbocycles. The van der Waals surface area contributed by atoms with E-state index in [2.05, 4.69) is 31.1 Å². The van der Waals surface area contributed by atoms with Gasteiger partial charge in [-0.3, -0.25) is 9.89 Å². The van der Waals surface area contributed by atoms with Crippen LogP contribution >= 0.6 is 11.6 Å². The van der Waals surface area contributed by atoms with Gasteiger partial charge in [0, 0.05) is 59.4 Å². The average molecular weight is 414 g/mol. The second-order valence-corrected chi connectivity index (χ2v) is 9.60. The van der Waals surface area contributed by atoms with Crippen molar-refractivity contribution in [3.63, 3.8) is 0 Å². The first-order valence-electron chi connectivity index (χ1n) is 9.36. The minimum Gasteiger partial charge on any atom is -0.367 e. The van der Waals surface area contributed by atoms with Crippen molar-refractivity contribution in [2.75, 3.05) is 75.8 Å². The predicted octanol–water partition coefficient (Wildman–Crippen LogP) is 0.768. The smallest absolute Gasteiger partial charge is 0.193 e. The molecule has 0 saturated carbocycles. The summed E-state index contributed by atoms with van der Waals surface area (Å²) < 4.78 is 23.0. The van der Waals surface area contributed by atoms with Crippen molar-refractivity contribution in [2.45, 2.75) is 0 Å². The lowest BCUT2D eigenvalue weighted by atomic mass is 10.2. The number of nitrogens with one attached hydrogen (secondary N) is 1. The normalized spacial score (nSPS) is 21.3. The standard InChI is InChI=1S/C18H28ClN5O2S/c1-20-18(21-6-7-22-12-14-27(25,26)15-13-22)24-10-8-23(9-11-24)17-5-3-2-4-16(17)19/h2-5H,6-15H2,1H3,(H,20,21). The monoisotopic (exact) mass is 413 g/mol. The Bertz CT molecular complexity index is 749. The van der Waals surface area contributed by atoms with Crippen LogP contribution in [0.25, 0.3) is 0 Å². The largest absolute Gasteiger partial charge is 0.367 e. The molecule has 2 fully saturated rings. The fourth-order valence-corrected chi connectivity index (χ4v) is 5.03. The van der Waals surface area contributed by atoms with Gasteiger partial charge >= 0.3 is 0 Å². The molecule has 2 aliphatic heterocycles. The van der Waals surface area contributed by atoms with Crippen molar-refractivity contribution in [1.29, 1.82) is 0 Å². The first-order chi connectivity index (χ1) is 13.0. The summed E-state index contributed by atoms with van der Waals surface area (Å²) in [5.74, 6) is 1.44. The van der Waals surface area contributed by atoms with Gasteiger partial charge < -0.3 is 15.1 Å². The molecule has 2 aliphatic rings. The van der Waals surface area contributed by atoms with Crippen LogP contribution in [0.5, 0.6) is 0 Å². The van der Waals surface area contributed by atoms with Crippen molar-refractivity contribution in [1.82, 2.24) is 15.1 Å². The van der Waals surface area contributed by atoms with Crippen molar-refractivity contribution < 1.29 is 8.42 Å². The lowest BCUT2D eigenvalue weighted by Gasteiger charge is -2.38. The number of para-hydroxylation sites is 1. The minimum absolute atomic E-state index is 0.270. The highest BCUT2D eigenvalue weighted by Crippen LogP contribution is 2.25. The summed E-state index contributed by atoms with van der Waals surface area (Å²) in [5.41, 5.74) is 1.09. The van der Waals surface area contributed by atoms with E-state index in [0.29, 0.717) is 13.1 Å². The van der Waals surface area contributed by atoms with E-state index >= 15 is 0 Å². The molecule has 27 heavy (non-hydrogen) atoms. The van der Waals surface area contributed by atoms with Crippen LogP contribution in [0.15, 0.2) is 29.3 Å². The number of anilines is 1. The van der Waals surface area contributed by atoms with Crippen LogP contribution in [0.4, 0.5) is 5.69 Å². The number of piperazine rings is 1. The van der Waals surface area contributed by atoms with E-state index in [-0.39, 0.29) is 11.5 Å². The molecule has 1 N–H and O–H groups in total. The molecular formula is C18H28ClN5O2S. The van der Waals surface area contributed by atoms with Crippen LogP contribution in [-0.2, 0) is 9.84 Å². The van der Waals surface area contributed by atoms with Crippen molar-refractivity contribution in [3.05, 3.63) is 29.3 Å². The van der Waals surface area contributed by atoms with Gasteiger partial charge in [0.1, 0.15) is 0 Å². The van der Waals surface area contributed by atoms with Crippen LogP contribution < -0.4 is 10.2 Å². The van der Waals surface area contributed by atoms with Gasteiger partial charge in [0.15, 0.2) is 15.8 Å². The number of aliphatic imine (C=N–C) groups is 1. The molecule has 9 heteroatoms. The lowest BCUT2D eigenvalue weighted by molar-refractivity contribution is 0.296. The van der Waals surface area contributed by atoms with Gasteiger partial charge in [-0.1, -0.05) is 23.7 Å². The molecule has 0 radical (unpaired) electrons. The third kappa shape index (κ3) is 5.49. The summed E-state index contributed by atoms with van der Waals surface area (Å²) in [6, 6.07) is 7.95. The first-order valence-corrected chi connectivity index (χ1v) is 11.6. The maximum absolute atomic E-state index is 11.5. The number of hydrogen-bond acceptors (Lipinski definition) is 5. The summed E-state index contributed by atoms with van der Waals surface area (Å²) in [6.07, 6.45) is 0. The Morgan fingerprint density at radius 1 is 1.11 bits per heavy atom. The highest BCUT2D eigenvalue weighted by molar-refractivity contribution is 7.91. The van der Waals surface area contributed by atoms with E-state index in [1.54, 1.807) is 7.05 Å². The molecule has 0 atom stereocenters. The molecule has 2 heterocycles. The number of hydrogen-bond donors (Lipinski definition) is 1. The Morgan fingerprint density at radius 3 is 2.41 bits per heavy atom. The zero-order chi connectivity index (χ0) is 19.3. The Hall–Kier alpha value is -1.51. The highest BCUT2D eigenvalue weighted by Gasteiger charge is 2.23. The molecule has 0 unspecified atom stereocenters. The summed E-state index contributed by atoms with van der Waals surface area (Å²) in [5, 5.41) is 4.20. The maximum Gasteiger partial charge on any atom is 0.193 e. The Morgan fingerprint density at radius 2 is 1.78 bits per heavy atom. The quantitative estimate of drug-likeness (QED) is 0.581. The number of nitrogens with zero attached hydrogens (tertiary/aromatic N) is 4. The van der Waals surface area contributed by atoms with Crippen LogP contribution in [0.1, 0.15) is 0 Å². The first kappa shape index (κ1) is 20.2. The molecule has 0 spiro atoms. The van der Waals surface area contributed by atoms with Crippen LogP contribution in [0, 0.1) is 0 Å². The van der Waals surface area contributed by atoms with Gasteiger partial charge in [0.25, 0.3) is 0 Å². The van der Waals surface area contributed by atoms with Crippen LogP contribution in [0.3, 0.4) is 0 Å². The zero-order valence-electron chi connectivity index (χ0n) is 15.8. The second-order valence-electron chi connectivity index (χ2n) is 6.89. The molecule has 0 aromatic heterocycles. The van der Waals surface area contributed by atoms with Gasteiger partial charge in [-0.25, -0.2) is 8.42 Å². The van der Waals surface area contributed by atoms with Crippen LogP contribution in [-0.4, -0.2) is 95.1 Å². The minimum atomic E-state index is -2.82.